The lowest BCUT2D eigenvalue weighted by molar-refractivity contribution is 0.0697. The molecule has 0 bridgehead atoms. The summed E-state index contributed by atoms with van der Waals surface area (Å²) in [6, 6.07) is 11.8. The largest absolute Gasteiger partial charge is 0.478 e. The third-order valence-corrected chi connectivity index (χ3v) is 2.79. The molecule has 2 N–H and O–H groups in total. The van der Waals surface area contributed by atoms with Crippen molar-refractivity contribution in [3.05, 3.63) is 58.2 Å². The van der Waals surface area contributed by atoms with Crippen molar-refractivity contribution in [1.82, 2.24) is 4.98 Å². The maximum Gasteiger partial charge on any atom is 0.335 e. The van der Waals surface area contributed by atoms with Crippen LogP contribution in [0.4, 0.5) is 5.82 Å². The molecule has 2 rings (SSSR count). The van der Waals surface area contributed by atoms with E-state index in [0.717, 1.165) is 5.56 Å². The lowest BCUT2D eigenvalue weighted by Crippen LogP contribution is -2.04. The molecule has 0 saturated heterocycles. The number of carboxylic acids is 1. The number of aromatic carboxylic acids is 1. The summed E-state index contributed by atoms with van der Waals surface area (Å²) in [6.07, 6.45) is 0. The zero-order valence-electron chi connectivity index (χ0n) is 10.3. The van der Waals surface area contributed by atoms with E-state index in [1.807, 2.05) is 18.2 Å². The van der Waals surface area contributed by atoms with Gasteiger partial charge in [-0.15, -0.1) is 0 Å². The molecular weight excluding hydrogens is 278 g/mol. The van der Waals surface area contributed by atoms with E-state index in [-0.39, 0.29) is 10.7 Å². The predicted octanol–water partition coefficient (Wildman–Crippen LogP) is 2.92. The summed E-state index contributed by atoms with van der Waals surface area (Å²) >= 11 is 5.76. The van der Waals surface area contributed by atoms with Gasteiger partial charge in [-0.3, -0.25) is 0 Å². The van der Waals surface area contributed by atoms with Crippen LogP contribution in [0, 0.1) is 11.3 Å². The number of hydrogen-bond acceptors (Lipinski definition) is 4. The molecule has 20 heavy (non-hydrogen) atoms. The number of carboxylic acid groups (broad SMARTS) is 1. The van der Waals surface area contributed by atoms with Gasteiger partial charge in [0.2, 0.25) is 0 Å². The third kappa shape index (κ3) is 3.46. The lowest BCUT2D eigenvalue weighted by atomic mass is 10.1. The summed E-state index contributed by atoms with van der Waals surface area (Å²) in [7, 11) is 0. The van der Waals surface area contributed by atoms with Gasteiger partial charge in [-0.1, -0.05) is 23.7 Å². The molecule has 0 spiro atoms. The van der Waals surface area contributed by atoms with E-state index in [1.54, 1.807) is 12.1 Å². The number of rotatable bonds is 4. The number of aromatic nitrogens is 1. The van der Waals surface area contributed by atoms with Crippen molar-refractivity contribution in [2.24, 2.45) is 0 Å². The summed E-state index contributed by atoms with van der Waals surface area (Å²) < 4.78 is 0. The first kappa shape index (κ1) is 13.8. The Morgan fingerprint density at radius 2 is 2.05 bits per heavy atom. The summed E-state index contributed by atoms with van der Waals surface area (Å²) in [5.74, 6) is -0.671. The molecule has 0 saturated carbocycles. The molecule has 6 heteroatoms. The molecule has 100 valence electrons. The quantitative estimate of drug-likeness (QED) is 0.844. The summed E-state index contributed by atoms with van der Waals surface area (Å²) in [4.78, 5) is 14.9. The fourth-order valence-corrected chi connectivity index (χ4v) is 1.81. The van der Waals surface area contributed by atoms with Crippen LogP contribution in [-0.2, 0) is 6.54 Å². The molecule has 2 aromatic rings. The number of carbonyl (C=O) groups is 1. The standard InChI is InChI=1S/C14H10ClN3O2/c15-12-5-11(14(19)20)6-13(18-12)17-8-10-3-1-9(7-16)2-4-10/h1-6H,8H2,(H,17,18)(H,19,20). The fourth-order valence-electron chi connectivity index (χ4n) is 1.60. The molecular formula is C14H10ClN3O2. The van der Waals surface area contributed by atoms with Gasteiger partial charge in [0.15, 0.2) is 0 Å². The number of halogens is 1. The van der Waals surface area contributed by atoms with Crippen LogP contribution >= 0.6 is 11.6 Å². The first-order valence-electron chi connectivity index (χ1n) is 5.72. The minimum absolute atomic E-state index is 0.0762. The smallest absolute Gasteiger partial charge is 0.335 e. The van der Waals surface area contributed by atoms with Crippen LogP contribution in [0.2, 0.25) is 5.15 Å². The van der Waals surface area contributed by atoms with Crippen LogP contribution in [-0.4, -0.2) is 16.1 Å². The molecule has 5 nitrogen and oxygen atoms in total. The van der Waals surface area contributed by atoms with Gasteiger partial charge in [0.25, 0.3) is 0 Å². The zero-order chi connectivity index (χ0) is 14.5. The van der Waals surface area contributed by atoms with Gasteiger partial charge in [0.1, 0.15) is 11.0 Å². The molecule has 0 atom stereocenters. The van der Waals surface area contributed by atoms with Crippen molar-refractivity contribution in [1.29, 1.82) is 5.26 Å². The van der Waals surface area contributed by atoms with Gasteiger partial charge in [-0.05, 0) is 29.8 Å². The molecule has 0 unspecified atom stereocenters. The number of nitrogens with zero attached hydrogens (tertiary/aromatic N) is 2. The Balaban J connectivity index is 2.10. The van der Waals surface area contributed by atoms with Crippen LogP contribution in [0.1, 0.15) is 21.5 Å². The summed E-state index contributed by atoms with van der Waals surface area (Å²) in [5, 5.41) is 20.7. The highest BCUT2D eigenvalue weighted by atomic mass is 35.5. The highest BCUT2D eigenvalue weighted by Gasteiger charge is 2.07. The van der Waals surface area contributed by atoms with Crippen LogP contribution in [0.25, 0.3) is 0 Å². The van der Waals surface area contributed by atoms with Gasteiger partial charge < -0.3 is 10.4 Å². The summed E-state index contributed by atoms with van der Waals surface area (Å²) in [6.45, 7) is 0.456. The van der Waals surface area contributed by atoms with Gasteiger partial charge >= 0.3 is 5.97 Å². The van der Waals surface area contributed by atoms with Gasteiger partial charge in [-0.2, -0.15) is 5.26 Å². The van der Waals surface area contributed by atoms with E-state index in [4.69, 9.17) is 22.0 Å². The molecule has 0 aliphatic carbocycles. The normalized spacial score (nSPS) is 9.80. The molecule has 1 aromatic heterocycles. The molecule has 1 aromatic carbocycles. The number of pyridine rings is 1. The van der Waals surface area contributed by atoms with Crippen molar-refractivity contribution >= 4 is 23.4 Å². The van der Waals surface area contributed by atoms with Gasteiger partial charge in [0, 0.05) is 6.54 Å². The zero-order valence-corrected chi connectivity index (χ0v) is 11.1. The Morgan fingerprint density at radius 3 is 2.65 bits per heavy atom. The number of benzene rings is 1. The van der Waals surface area contributed by atoms with Crippen LogP contribution in [0.5, 0.6) is 0 Å². The Bertz CT molecular complexity index is 678. The van der Waals surface area contributed by atoms with Crippen molar-refractivity contribution in [2.45, 2.75) is 6.54 Å². The highest BCUT2D eigenvalue weighted by Crippen LogP contribution is 2.15. The second-order valence-corrected chi connectivity index (χ2v) is 4.42. The SMILES string of the molecule is N#Cc1ccc(CNc2cc(C(=O)O)cc(Cl)n2)cc1. The number of hydrogen-bond donors (Lipinski definition) is 2. The topological polar surface area (TPSA) is 86.0 Å². The molecule has 0 fully saturated rings. The molecule has 0 amide bonds. The maximum atomic E-state index is 10.9. The van der Waals surface area contributed by atoms with Crippen LogP contribution < -0.4 is 5.32 Å². The predicted molar refractivity (Wildman–Crippen MR) is 74.7 cm³/mol. The average Bonchev–Trinajstić information content (AvgIpc) is 2.45. The second kappa shape index (κ2) is 6.04. The number of nitrogens with one attached hydrogen (secondary N) is 1. The van der Waals surface area contributed by atoms with E-state index >= 15 is 0 Å². The molecule has 0 aliphatic rings. The second-order valence-electron chi connectivity index (χ2n) is 4.03. The van der Waals surface area contributed by atoms with Crippen molar-refractivity contribution in [3.8, 4) is 6.07 Å². The van der Waals surface area contributed by atoms with Crippen molar-refractivity contribution in [3.63, 3.8) is 0 Å². The first-order valence-corrected chi connectivity index (χ1v) is 6.10. The molecule has 0 aliphatic heterocycles. The van der Waals surface area contributed by atoms with Crippen LogP contribution in [0.15, 0.2) is 36.4 Å². The average molecular weight is 288 g/mol. The van der Waals surface area contributed by atoms with Crippen molar-refractivity contribution < 1.29 is 9.90 Å². The van der Waals surface area contributed by atoms with E-state index in [9.17, 15) is 4.79 Å². The Labute approximate surface area is 120 Å². The van der Waals surface area contributed by atoms with E-state index in [2.05, 4.69) is 10.3 Å². The van der Waals surface area contributed by atoms with Gasteiger partial charge in [0.05, 0.1) is 17.2 Å². The van der Waals surface area contributed by atoms with Gasteiger partial charge in [-0.25, -0.2) is 9.78 Å². The van der Waals surface area contributed by atoms with E-state index in [0.29, 0.717) is 17.9 Å². The Kier molecular flexibility index (Phi) is 4.18. The Hall–Kier alpha value is -2.58. The number of nitriles is 1. The maximum absolute atomic E-state index is 10.9. The molecule has 0 radical (unpaired) electrons. The minimum atomic E-state index is -1.06. The fraction of sp³-hybridized carbons (Fsp3) is 0.0714. The minimum Gasteiger partial charge on any atom is -0.478 e. The summed E-state index contributed by atoms with van der Waals surface area (Å²) in [5.41, 5.74) is 1.61. The third-order valence-electron chi connectivity index (χ3n) is 2.60. The molecule has 1 heterocycles. The number of anilines is 1. The Morgan fingerprint density at radius 1 is 1.35 bits per heavy atom. The van der Waals surface area contributed by atoms with Crippen molar-refractivity contribution in [2.75, 3.05) is 5.32 Å². The first-order chi connectivity index (χ1) is 9.58. The highest BCUT2D eigenvalue weighted by molar-refractivity contribution is 6.29. The van der Waals surface area contributed by atoms with Crippen LogP contribution in [0.3, 0.4) is 0 Å². The lowest BCUT2D eigenvalue weighted by Gasteiger charge is -2.07. The monoisotopic (exact) mass is 287 g/mol. The van der Waals surface area contributed by atoms with E-state index in [1.165, 1.54) is 12.1 Å². The van der Waals surface area contributed by atoms with E-state index < -0.39 is 5.97 Å².